The van der Waals surface area contributed by atoms with Crippen LogP contribution in [0.3, 0.4) is 0 Å². The van der Waals surface area contributed by atoms with E-state index in [1.807, 2.05) is 11.0 Å². The van der Waals surface area contributed by atoms with E-state index in [0.29, 0.717) is 5.75 Å². The van der Waals surface area contributed by atoms with Gasteiger partial charge >= 0.3 is 0 Å². The second kappa shape index (κ2) is 11.0. The molecule has 0 atom stereocenters. The Morgan fingerprint density at radius 3 is 2.51 bits per heavy atom. The summed E-state index contributed by atoms with van der Waals surface area (Å²) in [5.74, 6) is 0.615. The van der Waals surface area contributed by atoms with Crippen molar-refractivity contribution < 1.29 is 4.79 Å². The van der Waals surface area contributed by atoms with Crippen molar-refractivity contribution in [2.24, 2.45) is 0 Å². The van der Waals surface area contributed by atoms with Crippen LogP contribution in [0.15, 0.2) is 41.7 Å². The summed E-state index contributed by atoms with van der Waals surface area (Å²) in [4.78, 5) is 30.6. The highest BCUT2D eigenvalue weighted by Crippen LogP contribution is 2.43. The second-order valence-electron chi connectivity index (χ2n) is 9.15. The topological polar surface area (TPSA) is 59.0 Å². The van der Waals surface area contributed by atoms with Crippen LogP contribution in [-0.4, -0.2) is 44.6 Å². The van der Waals surface area contributed by atoms with Crippen LogP contribution in [0.25, 0.3) is 31.7 Å². The third-order valence-electron chi connectivity index (χ3n) is 6.73. The van der Waals surface area contributed by atoms with Gasteiger partial charge in [0.15, 0.2) is 0 Å². The number of aromatic nitrogens is 3. The van der Waals surface area contributed by atoms with Crippen molar-refractivity contribution in [1.29, 1.82) is 0 Å². The van der Waals surface area contributed by atoms with Crippen molar-refractivity contribution in [3.05, 3.63) is 47.8 Å². The Kier molecular flexibility index (Phi) is 7.63. The SMILES string of the molecule is CCCCN(CCCC)C(=O)CSc1ncnc2c1sc1nc(-c3ccccc3)c3c(c12)CCC3. The van der Waals surface area contributed by atoms with E-state index < -0.39 is 0 Å². The molecule has 4 aromatic rings. The Hall–Kier alpha value is -2.51. The summed E-state index contributed by atoms with van der Waals surface area (Å²) in [5.41, 5.74) is 6.05. The van der Waals surface area contributed by atoms with Crippen LogP contribution < -0.4 is 0 Å². The lowest BCUT2D eigenvalue weighted by atomic mass is 10.0. The van der Waals surface area contributed by atoms with Gasteiger partial charge in [-0.3, -0.25) is 4.79 Å². The average molecular weight is 505 g/mol. The molecule has 1 aliphatic rings. The summed E-state index contributed by atoms with van der Waals surface area (Å²) in [6, 6.07) is 10.5. The molecule has 1 aromatic carbocycles. The molecular formula is C28H32N4OS2. The van der Waals surface area contributed by atoms with E-state index >= 15 is 0 Å². The van der Waals surface area contributed by atoms with Crippen molar-refractivity contribution in [2.75, 3.05) is 18.8 Å². The molecule has 1 amide bonds. The van der Waals surface area contributed by atoms with Gasteiger partial charge in [0.2, 0.25) is 5.91 Å². The van der Waals surface area contributed by atoms with Gasteiger partial charge in [-0.1, -0.05) is 68.8 Å². The third-order valence-corrected chi connectivity index (χ3v) is 8.92. The maximum absolute atomic E-state index is 13.0. The monoisotopic (exact) mass is 504 g/mol. The Labute approximate surface area is 215 Å². The lowest BCUT2D eigenvalue weighted by Gasteiger charge is -2.22. The van der Waals surface area contributed by atoms with Gasteiger partial charge in [-0.25, -0.2) is 15.0 Å². The van der Waals surface area contributed by atoms with Gasteiger partial charge in [0.05, 0.1) is 21.7 Å². The van der Waals surface area contributed by atoms with Crippen molar-refractivity contribution in [3.63, 3.8) is 0 Å². The lowest BCUT2D eigenvalue weighted by molar-refractivity contribution is -0.128. The van der Waals surface area contributed by atoms with Crippen LogP contribution in [-0.2, 0) is 17.6 Å². The largest absolute Gasteiger partial charge is 0.342 e. The molecule has 0 fully saturated rings. The van der Waals surface area contributed by atoms with Gasteiger partial charge in [-0.2, -0.15) is 0 Å². The van der Waals surface area contributed by atoms with E-state index in [-0.39, 0.29) is 5.91 Å². The maximum Gasteiger partial charge on any atom is 0.232 e. The summed E-state index contributed by atoms with van der Waals surface area (Å²) in [7, 11) is 0. The van der Waals surface area contributed by atoms with Crippen molar-refractivity contribution >= 4 is 49.4 Å². The number of hydrogen-bond donors (Lipinski definition) is 0. The second-order valence-corrected chi connectivity index (χ2v) is 11.1. The van der Waals surface area contributed by atoms with Crippen molar-refractivity contribution in [1.82, 2.24) is 19.9 Å². The number of carbonyl (C=O) groups excluding carboxylic acids is 1. The van der Waals surface area contributed by atoms with Gasteiger partial charge < -0.3 is 4.90 Å². The highest BCUT2D eigenvalue weighted by molar-refractivity contribution is 8.00. The molecule has 0 unspecified atom stereocenters. The number of amides is 1. The van der Waals surface area contributed by atoms with E-state index in [4.69, 9.17) is 9.97 Å². The van der Waals surface area contributed by atoms with Crippen LogP contribution >= 0.6 is 23.1 Å². The third kappa shape index (κ3) is 4.94. The van der Waals surface area contributed by atoms with Gasteiger partial charge in [-0.15, -0.1) is 11.3 Å². The summed E-state index contributed by atoms with van der Waals surface area (Å²) in [5, 5.41) is 2.09. The number of thioether (sulfide) groups is 1. The van der Waals surface area contributed by atoms with E-state index in [0.717, 1.165) is 83.8 Å². The van der Waals surface area contributed by atoms with E-state index in [1.54, 1.807) is 29.4 Å². The Morgan fingerprint density at radius 2 is 1.77 bits per heavy atom. The normalized spacial score (nSPS) is 13.0. The molecule has 35 heavy (non-hydrogen) atoms. The summed E-state index contributed by atoms with van der Waals surface area (Å²) < 4.78 is 1.06. The van der Waals surface area contributed by atoms with Crippen LogP contribution in [0.1, 0.15) is 57.1 Å². The zero-order valence-corrected chi connectivity index (χ0v) is 22.2. The molecule has 0 spiro atoms. The highest BCUT2D eigenvalue weighted by Gasteiger charge is 2.25. The fraction of sp³-hybridized carbons (Fsp3) is 0.429. The number of hydrogen-bond acceptors (Lipinski definition) is 6. The molecule has 0 saturated heterocycles. The molecule has 3 aromatic heterocycles. The smallest absolute Gasteiger partial charge is 0.232 e. The number of nitrogens with zero attached hydrogens (tertiary/aromatic N) is 4. The summed E-state index contributed by atoms with van der Waals surface area (Å²) >= 11 is 3.21. The number of pyridine rings is 1. The molecular weight excluding hydrogens is 472 g/mol. The molecule has 5 nitrogen and oxygen atoms in total. The molecule has 5 rings (SSSR count). The Bertz CT molecular complexity index is 1330. The molecule has 182 valence electrons. The molecule has 7 heteroatoms. The Balaban J connectivity index is 1.48. The zero-order chi connectivity index (χ0) is 24.2. The van der Waals surface area contributed by atoms with Crippen LogP contribution in [0, 0.1) is 0 Å². The number of thiophene rings is 1. The van der Waals surface area contributed by atoms with Crippen LogP contribution in [0.2, 0.25) is 0 Å². The fourth-order valence-corrected chi connectivity index (χ4v) is 7.03. The van der Waals surface area contributed by atoms with E-state index in [1.165, 1.54) is 22.1 Å². The van der Waals surface area contributed by atoms with E-state index in [2.05, 4.69) is 43.1 Å². The quantitative estimate of drug-likeness (QED) is 0.173. The lowest BCUT2D eigenvalue weighted by Crippen LogP contribution is -2.34. The molecule has 3 heterocycles. The number of rotatable bonds is 10. The summed E-state index contributed by atoms with van der Waals surface area (Å²) in [6.45, 7) is 6.03. The molecule has 1 aliphatic carbocycles. The first-order valence-electron chi connectivity index (χ1n) is 12.8. The predicted octanol–water partition coefficient (Wildman–Crippen LogP) is 6.92. The number of fused-ring (bicyclic) bond motifs is 5. The highest BCUT2D eigenvalue weighted by atomic mass is 32.2. The predicted molar refractivity (Wildman–Crippen MR) is 147 cm³/mol. The fourth-order valence-electron chi connectivity index (χ4n) is 4.90. The average Bonchev–Trinajstić information content (AvgIpc) is 3.52. The maximum atomic E-state index is 13.0. The number of carbonyl (C=O) groups is 1. The first kappa shape index (κ1) is 24.2. The first-order valence-corrected chi connectivity index (χ1v) is 14.6. The van der Waals surface area contributed by atoms with Crippen LogP contribution in [0.4, 0.5) is 0 Å². The molecule has 0 N–H and O–H groups in total. The molecule has 0 bridgehead atoms. The van der Waals surface area contributed by atoms with Crippen molar-refractivity contribution in [2.45, 2.75) is 63.8 Å². The minimum absolute atomic E-state index is 0.204. The van der Waals surface area contributed by atoms with Crippen LogP contribution in [0.5, 0.6) is 0 Å². The molecule has 0 radical (unpaired) electrons. The minimum atomic E-state index is 0.204. The number of benzene rings is 1. The first-order chi connectivity index (χ1) is 17.2. The van der Waals surface area contributed by atoms with E-state index in [9.17, 15) is 4.79 Å². The van der Waals surface area contributed by atoms with Gasteiger partial charge in [0.25, 0.3) is 0 Å². The molecule has 0 saturated carbocycles. The van der Waals surface area contributed by atoms with Crippen molar-refractivity contribution in [3.8, 4) is 11.3 Å². The number of aryl methyl sites for hydroxylation is 1. The molecule has 0 aliphatic heterocycles. The number of unbranched alkanes of at least 4 members (excludes halogenated alkanes) is 2. The van der Waals surface area contributed by atoms with Gasteiger partial charge in [0.1, 0.15) is 16.2 Å². The standard InChI is InChI=1S/C28H32N4OS2/c1-3-5-15-32(16-6-4-2)22(33)17-34-28-26-25(29-18-30-28)23-20-13-10-14-21(20)24(31-27(23)35-26)19-11-8-7-9-12-19/h7-9,11-12,18H,3-6,10,13-17H2,1-2H3. The van der Waals surface area contributed by atoms with Gasteiger partial charge in [0, 0.05) is 24.0 Å². The van der Waals surface area contributed by atoms with Gasteiger partial charge in [-0.05, 0) is 43.2 Å². The minimum Gasteiger partial charge on any atom is -0.342 e. The summed E-state index contributed by atoms with van der Waals surface area (Å²) in [6.07, 6.45) is 9.23. The Morgan fingerprint density at radius 1 is 1.03 bits per heavy atom. The zero-order valence-electron chi connectivity index (χ0n) is 20.5.